The van der Waals surface area contributed by atoms with Crippen molar-refractivity contribution in [3.63, 3.8) is 0 Å². The van der Waals surface area contributed by atoms with E-state index in [1.807, 2.05) is 97.9 Å². The summed E-state index contributed by atoms with van der Waals surface area (Å²) in [4.78, 5) is 42.8. The average molecular weight is 552 g/mol. The van der Waals surface area contributed by atoms with Crippen LogP contribution in [0.25, 0.3) is 0 Å². The number of ketones is 2. The Kier molecular flexibility index (Phi) is 13.2. The lowest BCUT2D eigenvalue weighted by Gasteiger charge is -2.38. The molecule has 0 saturated heterocycles. The van der Waals surface area contributed by atoms with Crippen molar-refractivity contribution in [2.75, 3.05) is 0 Å². The molecule has 0 spiro atoms. The fourth-order valence-corrected chi connectivity index (χ4v) is 6.17. The second kappa shape index (κ2) is 16.8. The van der Waals surface area contributed by atoms with Gasteiger partial charge >= 0.3 is 0 Å². The molecule has 1 radical (unpaired) electrons. The molecule has 3 aromatic carbocycles. The molecule has 3 heteroatoms. The van der Waals surface area contributed by atoms with Gasteiger partial charge in [-0.3, -0.25) is 14.4 Å². The van der Waals surface area contributed by atoms with Gasteiger partial charge in [-0.25, -0.2) is 0 Å². The lowest BCUT2D eigenvalue weighted by Crippen LogP contribution is -2.50. The zero-order chi connectivity index (χ0) is 29.5. The van der Waals surface area contributed by atoms with Crippen molar-refractivity contribution in [2.45, 2.75) is 85.0 Å². The van der Waals surface area contributed by atoms with Gasteiger partial charge in [0.2, 0.25) is 6.29 Å². The SMILES string of the molecule is CCCCC(Cc1ccccc1)C(=O)C([C]=O)(Cc1ccccc1)C(CCCC)C(=O)C(CC)Cc1ccccc1. The minimum atomic E-state index is -1.52. The molecular formula is C38H47O3. The molecule has 4 atom stereocenters. The third-order valence-electron chi connectivity index (χ3n) is 8.55. The number of rotatable bonds is 19. The topological polar surface area (TPSA) is 51.2 Å². The summed E-state index contributed by atoms with van der Waals surface area (Å²) in [6.45, 7) is 6.25. The molecule has 3 nitrogen and oxygen atoms in total. The first-order valence-electron chi connectivity index (χ1n) is 15.6. The molecule has 4 unspecified atom stereocenters. The number of unbranched alkanes of at least 4 members (excludes halogenated alkanes) is 2. The first-order valence-corrected chi connectivity index (χ1v) is 15.6. The molecule has 0 bridgehead atoms. The van der Waals surface area contributed by atoms with Gasteiger partial charge in [-0.1, -0.05) is 137 Å². The van der Waals surface area contributed by atoms with Crippen LogP contribution < -0.4 is 0 Å². The third-order valence-corrected chi connectivity index (χ3v) is 8.55. The van der Waals surface area contributed by atoms with Crippen LogP contribution in [0.1, 0.15) is 82.4 Å². The Morgan fingerprint density at radius 3 is 1.59 bits per heavy atom. The summed E-state index contributed by atoms with van der Waals surface area (Å²) in [5, 5.41) is 0. The largest absolute Gasteiger partial charge is 0.299 e. The van der Waals surface area contributed by atoms with Crippen LogP contribution in [0, 0.1) is 23.2 Å². The Labute approximate surface area is 247 Å². The Bertz CT molecular complexity index is 1190. The first-order chi connectivity index (χ1) is 20.0. The third kappa shape index (κ3) is 8.83. The molecular weight excluding hydrogens is 504 g/mol. The maximum absolute atomic E-state index is 14.9. The minimum Gasteiger partial charge on any atom is -0.299 e. The zero-order valence-electron chi connectivity index (χ0n) is 25.2. The highest BCUT2D eigenvalue weighted by Crippen LogP contribution is 2.41. The van der Waals surface area contributed by atoms with Gasteiger partial charge in [-0.2, -0.15) is 0 Å². The Morgan fingerprint density at radius 1 is 0.659 bits per heavy atom. The van der Waals surface area contributed by atoms with Crippen LogP contribution >= 0.6 is 0 Å². The lowest BCUT2D eigenvalue weighted by molar-refractivity contribution is -0.140. The number of carbonyl (C=O) groups is 2. The Morgan fingerprint density at radius 2 is 1.12 bits per heavy atom. The molecule has 0 aliphatic carbocycles. The van der Waals surface area contributed by atoms with Crippen LogP contribution in [-0.4, -0.2) is 17.9 Å². The smallest absolute Gasteiger partial charge is 0.214 e. The molecule has 0 saturated carbocycles. The van der Waals surface area contributed by atoms with Gasteiger partial charge in [-0.15, -0.1) is 0 Å². The van der Waals surface area contributed by atoms with E-state index in [-0.39, 0.29) is 29.8 Å². The first kappa shape index (κ1) is 32.2. The van der Waals surface area contributed by atoms with Crippen molar-refractivity contribution in [3.05, 3.63) is 108 Å². The van der Waals surface area contributed by atoms with E-state index >= 15 is 0 Å². The summed E-state index contributed by atoms with van der Waals surface area (Å²) in [6.07, 6.45) is 9.08. The molecule has 41 heavy (non-hydrogen) atoms. The summed E-state index contributed by atoms with van der Waals surface area (Å²) in [6, 6.07) is 29.8. The van der Waals surface area contributed by atoms with Crippen molar-refractivity contribution < 1.29 is 14.4 Å². The number of Topliss-reactive ketones (excluding diaryl/α,β-unsaturated/α-hetero) is 2. The summed E-state index contributed by atoms with van der Waals surface area (Å²) in [5.41, 5.74) is 1.55. The van der Waals surface area contributed by atoms with E-state index in [1.165, 1.54) is 0 Å². The average Bonchev–Trinajstić information content (AvgIpc) is 3.02. The molecule has 0 heterocycles. The Balaban J connectivity index is 2.11. The van der Waals surface area contributed by atoms with E-state index in [0.717, 1.165) is 42.4 Å². The number of carbonyl (C=O) groups excluding carboxylic acids is 3. The highest BCUT2D eigenvalue weighted by atomic mass is 16.2. The minimum absolute atomic E-state index is 0.0337. The molecule has 0 amide bonds. The lowest BCUT2D eigenvalue weighted by atomic mass is 9.61. The second-order valence-electron chi connectivity index (χ2n) is 11.5. The number of hydrogen-bond acceptors (Lipinski definition) is 3. The molecule has 0 aromatic heterocycles. The van der Waals surface area contributed by atoms with Gasteiger partial charge in [0.15, 0.2) is 5.78 Å². The number of benzene rings is 3. The maximum atomic E-state index is 14.9. The maximum Gasteiger partial charge on any atom is 0.214 e. The molecule has 0 aliphatic rings. The standard InChI is InChI=1S/C38H47O3/c1-4-7-24-34(27-31-20-14-10-15-21-31)37(41)38(29-39,28-32-22-16-11-17-23-32)35(25-8-5-2)36(40)33(6-3)26-30-18-12-9-13-19-30/h9-23,33-35H,4-8,24-28H2,1-3H3. The van der Waals surface area contributed by atoms with E-state index in [0.29, 0.717) is 32.1 Å². The van der Waals surface area contributed by atoms with E-state index in [9.17, 15) is 14.4 Å². The highest BCUT2D eigenvalue weighted by Gasteiger charge is 2.52. The monoisotopic (exact) mass is 551 g/mol. The predicted molar refractivity (Wildman–Crippen MR) is 168 cm³/mol. The van der Waals surface area contributed by atoms with E-state index in [4.69, 9.17) is 0 Å². The summed E-state index contributed by atoms with van der Waals surface area (Å²) >= 11 is 0. The van der Waals surface area contributed by atoms with Crippen LogP contribution in [0.3, 0.4) is 0 Å². The van der Waals surface area contributed by atoms with Crippen LogP contribution in [0.15, 0.2) is 91.0 Å². The van der Waals surface area contributed by atoms with Crippen LogP contribution in [0.4, 0.5) is 0 Å². The van der Waals surface area contributed by atoms with Gasteiger partial charge < -0.3 is 0 Å². The Hall–Kier alpha value is -3.33. The van der Waals surface area contributed by atoms with Crippen molar-refractivity contribution in [1.29, 1.82) is 0 Å². The zero-order valence-corrected chi connectivity index (χ0v) is 25.2. The van der Waals surface area contributed by atoms with Gasteiger partial charge in [0.1, 0.15) is 11.2 Å². The quantitative estimate of drug-likeness (QED) is 0.140. The fraction of sp³-hybridized carbons (Fsp3) is 0.447. The van der Waals surface area contributed by atoms with Crippen LogP contribution in [0.5, 0.6) is 0 Å². The molecule has 0 N–H and O–H groups in total. The van der Waals surface area contributed by atoms with Crippen molar-refractivity contribution in [1.82, 2.24) is 0 Å². The van der Waals surface area contributed by atoms with Crippen LogP contribution in [-0.2, 0) is 33.6 Å². The summed E-state index contributed by atoms with van der Waals surface area (Å²) < 4.78 is 0. The highest BCUT2D eigenvalue weighted by molar-refractivity contribution is 6.05. The van der Waals surface area contributed by atoms with E-state index in [1.54, 1.807) is 0 Å². The normalized spacial score (nSPS) is 14.9. The van der Waals surface area contributed by atoms with Gasteiger partial charge in [0.25, 0.3) is 0 Å². The van der Waals surface area contributed by atoms with Gasteiger partial charge in [0, 0.05) is 17.8 Å². The van der Waals surface area contributed by atoms with E-state index < -0.39 is 11.3 Å². The molecule has 3 aromatic rings. The molecule has 0 aliphatic heterocycles. The molecule has 0 fully saturated rings. The molecule has 3 rings (SSSR count). The van der Waals surface area contributed by atoms with Gasteiger partial charge in [-0.05, 0) is 55.2 Å². The fourth-order valence-electron chi connectivity index (χ4n) is 6.17. The van der Waals surface area contributed by atoms with Gasteiger partial charge in [0.05, 0.1) is 0 Å². The second-order valence-corrected chi connectivity index (χ2v) is 11.5. The van der Waals surface area contributed by atoms with E-state index in [2.05, 4.69) is 20.1 Å². The van der Waals surface area contributed by atoms with Crippen LogP contribution in [0.2, 0.25) is 0 Å². The summed E-state index contributed by atoms with van der Waals surface area (Å²) in [7, 11) is 0. The van der Waals surface area contributed by atoms with Crippen molar-refractivity contribution in [3.8, 4) is 0 Å². The van der Waals surface area contributed by atoms with Crippen molar-refractivity contribution in [2.24, 2.45) is 23.2 Å². The number of hydrogen-bond donors (Lipinski definition) is 0. The predicted octanol–water partition coefficient (Wildman–Crippen LogP) is 8.59. The summed E-state index contributed by atoms with van der Waals surface area (Å²) in [5.74, 6) is -1.40. The molecule has 217 valence electrons. The van der Waals surface area contributed by atoms with Crippen molar-refractivity contribution >= 4 is 17.9 Å².